The first-order valence-corrected chi connectivity index (χ1v) is 21.1. The maximum Gasteiger partial charge on any atom is 0.308 e. The number of phenolic OH excluding ortho intramolecular Hbond substituents is 1. The van der Waals surface area contributed by atoms with Crippen LogP contribution in [0.3, 0.4) is 0 Å². The number of allylic oxidation sites excluding steroid dienone is 2. The fourth-order valence-corrected chi connectivity index (χ4v) is 11.0. The molecule has 2 bridgehead atoms. The molecule has 8 atom stereocenters. The van der Waals surface area contributed by atoms with Gasteiger partial charge in [0.1, 0.15) is 11.5 Å². The van der Waals surface area contributed by atoms with Crippen LogP contribution >= 0.6 is 0 Å². The van der Waals surface area contributed by atoms with Crippen LogP contribution in [0.4, 0.5) is 0 Å². The van der Waals surface area contributed by atoms with Crippen LogP contribution in [0.5, 0.6) is 5.75 Å². The van der Waals surface area contributed by atoms with Crippen LogP contribution in [0.1, 0.15) is 106 Å². The molecule has 292 valence electrons. The van der Waals surface area contributed by atoms with E-state index in [1.165, 1.54) is 49.7 Å². The highest BCUT2D eigenvalue weighted by Crippen LogP contribution is 2.54. The van der Waals surface area contributed by atoms with Crippen molar-refractivity contribution in [3.63, 3.8) is 0 Å². The van der Waals surface area contributed by atoms with Crippen molar-refractivity contribution in [3.05, 3.63) is 124 Å². The molecule has 0 aromatic heterocycles. The van der Waals surface area contributed by atoms with E-state index in [1.54, 1.807) is 17.7 Å². The van der Waals surface area contributed by atoms with Gasteiger partial charge in [0.2, 0.25) is 0 Å². The molecule has 1 spiro atoms. The Balaban J connectivity index is 1.18. The average molecular weight is 744 g/mol. The van der Waals surface area contributed by atoms with E-state index in [-0.39, 0.29) is 30.1 Å². The zero-order valence-electron chi connectivity index (χ0n) is 32.4. The Morgan fingerprint density at radius 2 is 1.67 bits per heavy atom. The number of carbonyl (C=O) groups is 1. The summed E-state index contributed by atoms with van der Waals surface area (Å²) in [6, 6.07) is 24.3. The lowest BCUT2D eigenvalue weighted by atomic mass is 9.53. The zero-order valence-corrected chi connectivity index (χ0v) is 32.4. The standard InChI is InChI=1S/C49H61NO5/c50-26-24-34-18-17-33(27-34)9-3-1-2-4-11-36-13-8-14-40(32-51)46(48(54)55)49(25-23-39-30-38-12-5-6-16-43(38)47(53)45(39)31-49)41-15-7-10-35(28-41)29-44(36)37-19-21-42(52)22-20-37/h5-8,10,12,14-16,19-22,27-28,30,33,36,39-40,44-46,51-53H,1-4,9,11,13,17-18,23-26,29,31-32,50H2,(H,54,55)/t33-,36-,39-,40-,44?,45+,46-,49-/m1/s1. The molecule has 7 rings (SSSR count). The largest absolute Gasteiger partial charge is 0.511 e. The van der Waals surface area contributed by atoms with Crippen LogP contribution in [-0.2, 0) is 16.6 Å². The lowest BCUT2D eigenvalue weighted by molar-refractivity contribution is -0.148. The first kappa shape index (κ1) is 39.1. The van der Waals surface area contributed by atoms with Crippen LogP contribution in [0.15, 0.2) is 96.6 Å². The number of fused-ring (bicyclic) bond motifs is 5. The second-order valence-electron chi connectivity index (χ2n) is 17.2. The fourth-order valence-electron chi connectivity index (χ4n) is 11.0. The number of rotatable bonds is 12. The molecule has 0 saturated heterocycles. The van der Waals surface area contributed by atoms with E-state index in [4.69, 9.17) is 5.73 Å². The van der Waals surface area contributed by atoms with E-state index in [0.29, 0.717) is 30.4 Å². The maximum absolute atomic E-state index is 13.6. The molecule has 0 radical (unpaired) electrons. The third-order valence-electron chi connectivity index (χ3n) is 13.8. The van der Waals surface area contributed by atoms with Crippen molar-refractivity contribution >= 4 is 17.8 Å². The van der Waals surface area contributed by atoms with Gasteiger partial charge in [-0.3, -0.25) is 4.79 Å². The molecule has 0 aliphatic heterocycles. The molecule has 1 saturated carbocycles. The highest BCUT2D eigenvalue weighted by Gasteiger charge is 2.53. The van der Waals surface area contributed by atoms with Gasteiger partial charge >= 0.3 is 5.97 Å². The Hall–Kier alpha value is -4.13. The summed E-state index contributed by atoms with van der Waals surface area (Å²) in [5.41, 5.74) is 9.90. The van der Waals surface area contributed by atoms with Crippen molar-refractivity contribution < 1.29 is 25.2 Å². The molecule has 3 aromatic carbocycles. The number of carboxylic acids is 1. The summed E-state index contributed by atoms with van der Waals surface area (Å²) < 4.78 is 0. The van der Waals surface area contributed by atoms with E-state index in [1.807, 2.05) is 30.3 Å². The zero-order chi connectivity index (χ0) is 38.4. The molecule has 6 heteroatoms. The molecule has 1 unspecified atom stereocenters. The smallest absolute Gasteiger partial charge is 0.308 e. The Bertz CT molecular complexity index is 1960. The third-order valence-corrected chi connectivity index (χ3v) is 13.8. The summed E-state index contributed by atoms with van der Waals surface area (Å²) in [5.74, 6) is -0.607. The van der Waals surface area contributed by atoms with Crippen LogP contribution < -0.4 is 16.2 Å². The van der Waals surface area contributed by atoms with E-state index >= 15 is 0 Å². The number of aliphatic hydroxyl groups is 2. The van der Waals surface area contributed by atoms with E-state index in [9.17, 15) is 25.2 Å². The summed E-state index contributed by atoms with van der Waals surface area (Å²) in [5, 5.41) is 46.0. The molecule has 4 aliphatic rings. The van der Waals surface area contributed by atoms with E-state index < -0.39 is 23.2 Å². The molecule has 0 heterocycles. The summed E-state index contributed by atoms with van der Waals surface area (Å²) >= 11 is 0. The van der Waals surface area contributed by atoms with Crippen molar-refractivity contribution in [3.8, 4) is 5.75 Å². The number of hydrogen-bond donors (Lipinski definition) is 5. The Morgan fingerprint density at radius 3 is 2.45 bits per heavy atom. The quantitative estimate of drug-likeness (QED) is 0.0938. The molecule has 6 N–H and O–H groups in total. The molecular weight excluding hydrogens is 683 g/mol. The molecule has 0 amide bonds. The number of nitrogens with two attached hydrogens (primary N) is 1. The summed E-state index contributed by atoms with van der Waals surface area (Å²) in [6.45, 7) is 0.483. The number of hydrogen-bond acceptors (Lipinski definition) is 5. The van der Waals surface area contributed by atoms with E-state index in [2.05, 4.69) is 54.6 Å². The van der Waals surface area contributed by atoms with Gasteiger partial charge in [-0.1, -0.05) is 116 Å². The molecule has 4 aliphatic carbocycles. The monoisotopic (exact) mass is 743 g/mol. The Kier molecular flexibility index (Phi) is 12.6. The molecule has 6 nitrogen and oxygen atoms in total. The van der Waals surface area contributed by atoms with E-state index in [0.717, 1.165) is 61.1 Å². The van der Waals surface area contributed by atoms with Gasteiger partial charge in [0.25, 0.3) is 0 Å². The first-order valence-electron chi connectivity index (χ1n) is 21.1. The number of carboxylic acid groups (broad SMARTS) is 1. The van der Waals surface area contributed by atoms with Gasteiger partial charge in [-0.25, -0.2) is 0 Å². The van der Waals surface area contributed by atoms with Gasteiger partial charge in [-0.2, -0.15) is 0 Å². The molecular formula is C49H61NO5. The summed E-state index contributed by atoms with van der Waals surface area (Å²) in [4.78, 5) is 13.6. The minimum absolute atomic E-state index is 0.121. The van der Waals surface area contributed by atoms with Gasteiger partial charge in [-0.05, 0) is 128 Å². The number of aliphatic carboxylic acids is 1. The van der Waals surface area contributed by atoms with Crippen LogP contribution in [0.2, 0.25) is 0 Å². The number of benzene rings is 3. The number of phenols is 1. The summed E-state index contributed by atoms with van der Waals surface area (Å²) in [6.07, 6.45) is 23.0. The van der Waals surface area contributed by atoms with Crippen molar-refractivity contribution in [2.24, 2.45) is 41.2 Å². The molecule has 55 heavy (non-hydrogen) atoms. The minimum atomic E-state index is -0.897. The highest BCUT2D eigenvalue weighted by molar-refractivity contribution is 5.74. The second kappa shape index (κ2) is 17.8. The summed E-state index contributed by atoms with van der Waals surface area (Å²) in [7, 11) is 0. The average Bonchev–Trinajstić information content (AvgIpc) is 3.64. The lowest BCUT2D eigenvalue weighted by Crippen LogP contribution is -2.51. The minimum Gasteiger partial charge on any atom is -0.511 e. The van der Waals surface area contributed by atoms with Crippen molar-refractivity contribution in [1.29, 1.82) is 0 Å². The number of aromatic hydroxyl groups is 1. The van der Waals surface area contributed by atoms with Gasteiger partial charge in [0.15, 0.2) is 0 Å². The van der Waals surface area contributed by atoms with Gasteiger partial charge in [0, 0.05) is 22.5 Å². The van der Waals surface area contributed by atoms with Gasteiger partial charge < -0.3 is 26.2 Å². The van der Waals surface area contributed by atoms with Crippen LogP contribution in [0.25, 0.3) is 11.8 Å². The predicted molar refractivity (Wildman–Crippen MR) is 221 cm³/mol. The fraction of sp³-hybridized carbons (Fsp3) is 0.490. The van der Waals surface area contributed by atoms with Gasteiger partial charge in [-0.15, -0.1) is 0 Å². The van der Waals surface area contributed by atoms with Crippen molar-refractivity contribution in [2.45, 2.75) is 101 Å². The Morgan fingerprint density at radius 1 is 0.873 bits per heavy atom. The SMILES string of the molecule is NCCC1=C[C@H](CCCCCC[C@@H]2CC=C[C@H](CO)[C@H](C(=O)O)[C@@]3(CC[C@@H]4C=c5ccccc5=C(O)[C@H]4C3)c3cccc(c3)CC2c2ccc(O)cc2)CC1. The normalized spacial score (nSPS) is 29.0. The molecule has 1 fully saturated rings. The maximum atomic E-state index is 13.6. The molecule has 3 aromatic rings. The van der Waals surface area contributed by atoms with Crippen LogP contribution in [-0.4, -0.2) is 39.5 Å². The van der Waals surface area contributed by atoms with Crippen molar-refractivity contribution in [1.82, 2.24) is 0 Å². The second-order valence-corrected chi connectivity index (χ2v) is 17.2. The van der Waals surface area contributed by atoms with Crippen molar-refractivity contribution in [2.75, 3.05) is 13.2 Å². The predicted octanol–water partition coefficient (Wildman–Crippen LogP) is 8.44. The van der Waals surface area contributed by atoms with Gasteiger partial charge in [0.05, 0.1) is 12.5 Å². The van der Waals surface area contributed by atoms with Crippen LogP contribution in [0, 0.1) is 35.5 Å². The Labute approximate surface area is 327 Å². The number of unbranched alkanes of at least 4 members (excludes halogenated alkanes) is 3. The topological polar surface area (TPSA) is 124 Å². The highest BCUT2D eigenvalue weighted by atomic mass is 16.4. The third kappa shape index (κ3) is 8.66. The number of aliphatic hydroxyl groups excluding tert-OH is 2. The lowest BCUT2D eigenvalue weighted by Gasteiger charge is -2.49. The first-order chi connectivity index (χ1) is 26.8.